The Morgan fingerprint density at radius 3 is 2.88 bits per heavy atom. The number of nitrogens with zero attached hydrogens (tertiary/aromatic N) is 1. The fraction of sp³-hybridized carbons (Fsp3) is 0.300. The Hall–Kier alpha value is -2.18. The molecule has 1 amide bonds. The molecule has 0 saturated carbocycles. The first kappa shape index (κ1) is 11.3. The van der Waals surface area contributed by atoms with Gasteiger partial charge in [0.05, 0.1) is 0 Å². The molecule has 1 aromatic carbocycles. The lowest BCUT2D eigenvalue weighted by molar-refractivity contribution is -0.530. The average molecular weight is 240 g/mol. The van der Waals surface area contributed by atoms with Crippen LogP contribution < -0.4 is 10.5 Å². The van der Waals surface area contributed by atoms with Gasteiger partial charge in [-0.15, -0.1) is 0 Å². The number of carbonyl (C=O) groups is 1. The third-order valence-corrected chi connectivity index (χ3v) is 2.62. The fourth-order valence-corrected chi connectivity index (χ4v) is 1.82. The highest BCUT2D eigenvalue weighted by molar-refractivity contribution is 5.80. The third kappa shape index (κ3) is 1.91. The Morgan fingerprint density at radius 2 is 2.29 bits per heavy atom. The molecule has 0 radical (unpaired) electrons. The van der Waals surface area contributed by atoms with Crippen LogP contribution in [0.2, 0.25) is 0 Å². The van der Waals surface area contributed by atoms with Crippen LogP contribution in [0.4, 0.5) is 4.39 Å². The molecule has 2 atom stereocenters. The van der Waals surface area contributed by atoms with Gasteiger partial charge < -0.3 is 10.5 Å². The van der Waals surface area contributed by atoms with Crippen LogP contribution in [0.3, 0.4) is 0 Å². The summed E-state index contributed by atoms with van der Waals surface area (Å²) in [6.07, 6.45) is -1.51. The van der Waals surface area contributed by atoms with Gasteiger partial charge in [0, 0.05) is 16.9 Å². The molecule has 0 saturated heterocycles. The number of hydrogen-bond donors (Lipinski definition) is 1. The van der Waals surface area contributed by atoms with E-state index in [4.69, 9.17) is 10.5 Å². The molecule has 1 aromatic rings. The average Bonchev–Trinajstić information content (AvgIpc) is 2.27. The summed E-state index contributed by atoms with van der Waals surface area (Å²) in [5.41, 5.74) is 5.38. The largest absolute Gasteiger partial charge is 0.470 e. The summed E-state index contributed by atoms with van der Waals surface area (Å²) in [7, 11) is 0. The molecule has 1 aliphatic heterocycles. The molecule has 2 N–H and O–H groups in total. The van der Waals surface area contributed by atoms with Crippen LogP contribution in [-0.4, -0.2) is 23.0 Å². The number of nitro groups is 1. The van der Waals surface area contributed by atoms with Gasteiger partial charge >= 0.3 is 0 Å². The SMILES string of the molecule is NC(=O)C1Oc2c(F)cccc2CC1[N+](=O)[O-]. The molecule has 0 aliphatic carbocycles. The Morgan fingerprint density at radius 1 is 1.59 bits per heavy atom. The van der Waals surface area contributed by atoms with Gasteiger partial charge in [-0.1, -0.05) is 12.1 Å². The number of ether oxygens (including phenoxy) is 1. The zero-order valence-electron chi connectivity index (χ0n) is 8.63. The minimum Gasteiger partial charge on any atom is -0.470 e. The Balaban J connectivity index is 2.43. The zero-order chi connectivity index (χ0) is 12.6. The van der Waals surface area contributed by atoms with Crippen LogP contribution in [0, 0.1) is 15.9 Å². The van der Waals surface area contributed by atoms with Gasteiger partial charge in [-0.25, -0.2) is 4.39 Å². The van der Waals surface area contributed by atoms with Gasteiger partial charge in [-0.3, -0.25) is 14.9 Å². The van der Waals surface area contributed by atoms with Gasteiger partial charge in [-0.05, 0) is 6.07 Å². The number of fused-ring (bicyclic) bond motifs is 1. The zero-order valence-corrected chi connectivity index (χ0v) is 8.63. The van der Waals surface area contributed by atoms with Crippen LogP contribution in [0.15, 0.2) is 18.2 Å². The molecule has 90 valence electrons. The standard InChI is InChI=1S/C10H9FN2O4/c11-6-3-1-2-5-4-7(13(15)16)9(10(12)14)17-8(5)6/h1-3,7,9H,4H2,(H2,12,14). The van der Waals surface area contributed by atoms with Gasteiger partial charge in [0.2, 0.25) is 6.10 Å². The second kappa shape index (κ2) is 4.00. The predicted octanol–water partition coefficient (Wildman–Crippen LogP) is 0.260. The molecular formula is C10H9FN2O4. The van der Waals surface area contributed by atoms with E-state index in [2.05, 4.69) is 0 Å². The van der Waals surface area contributed by atoms with Crippen molar-refractivity contribution in [2.24, 2.45) is 5.73 Å². The molecule has 0 spiro atoms. The monoisotopic (exact) mass is 240 g/mol. The number of amides is 1. The molecule has 0 fully saturated rings. The number of rotatable bonds is 2. The second-order valence-electron chi connectivity index (χ2n) is 3.73. The lowest BCUT2D eigenvalue weighted by Gasteiger charge is -2.26. The Bertz CT molecular complexity index is 491. The molecule has 2 rings (SSSR count). The molecule has 17 heavy (non-hydrogen) atoms. The molecule has 0 aromatic heterocycles. The number of carbonyl (C=O) groups excluding carboxylic acids is 1. The summed E-state index contributed by atoms with van der Waals surface area (Å²) >= 11 is 0. The normalized spacial score (nSPS) is 22.4. The van der Waals surface area contributed by atoms with Crippen molar-refractivity contribution >= 4 is 5.91 Å². The van der Waals surface area contributed by atoms with Crippen LogP contribution >= 0.6 is 0 Å². The van der Waals surface area contributed by atoms with Crippen molar-refractivity contribution in [3.63, 3.8) is 0 Å². The summed E-state index contributed by atoms with van der Waals surface area (Å²) < 4.78 is 18.4. The fourth-order valence-electron chi connectivity index (χ4n) is 1.82. The highest BCUT2D eigenvalue weighted by Gasteiger charge is 2.43. The maximum absolute atomic E-state index is 13.4. The number of hydrogen-bond acceptors (Lipinski definition) is 4. The predicted molar refractivity (Wildman–Crippen MR) is 54.5 cm³/mol. The van der Waals surface area contributed by atoms with Gasteiger partial charge in [0.1, 0.15) is 0 Å². The number of nitrogens with two attached hydrogens (primary N) is 1. The highest BCUT2D eigenvalue weighted by Crippen LogP contribution is 2.31. The Labute approximate surface area is 95.3 Å². The van der Waals surface area contributed by atoms with E-state index in [0.717, 1.165) is 6.07 Å². The van der Waals surface area contributed by atoms with Crippen molar-refractivity contribution in [2.45, 2.75) is 18.6 Å². The number of primary amides is 1. The van der Waals surface area contributed by atoms with E-state index in [9.17, 15) is 19.3 Å². The van der Waals surface area contributed by atoms with Crippen molar-refractivity contribution in [1.82, 2.24) is 0 Å². The van der Waals surface area contributed by atoms with Crippen LogP contribution in [0.25, 0.3) is 0 Å². The second-order valence-corrected chi connectivity index (χ2v) is 3.73. The first-order chi connectivity index (χ1) is 8.00. The van der Waals surface area contributed by atoms with Crippen molar-refractivity contribution in [3.8, 4) is 5.75 Å². The molecule has 7 heteroatoms. The van der Waals surface area contributed by atoms with Crippen LogP contribution in [0.1, 0.15) is 5.56 Å². The van der Waals surface area contributed by atoms with E-state index < -0.39 is 28.8 Å². The van der Waals surface area contributed by atoms with Gasteiger partial charge in [0.15, 0.2) is 11.6 Å². The molecular weight excluding hydrogens is 231 g/mol. The lowest BCUT2D eigenvalue weighted by atomic mass is 9.97. The summed E-state index contributed by atoms with van der Waals surface area (Å²) in [5, 5.41) is 10.8. The van der Waals surface area contributed by atoms with Crippen molar-refractivity contribution in [3.05, 3.63) is 39.7 Å². The first-order valence-electron chi connectivity index (χ1n) is 4.87. The number of benzene rings is 1. The summed E-state index contributed by atoms with van der Waals surface area (Å²) in [6.45, 7) is 0. The Kier molecular flexibility index (Phi) is 2.66. The van der Waals surface area contributed by atoms with Gasteiger partial charge in [-0.2, -0.15) is 0 Å². The summed E-state index contributed by atoms with van der Waals surface area (Å²) in [6, 6.07) is 2.83. The summed E-state index contributed by atoms with van der Waals surface area (Å²) in [4.78, 5) is 21.2. The van der Waals surface area contributed by atoms with Crippen LogP contribution in [-0.2, 0) is 11.2 Å². The third-order valence-electron chi connectivity index (χ3n) is 2.62. The smallest absolute Gasteiger partial charge is 0.265 e. The van der Waals surface area contributed by atoms with E-state index >= 15 is 0 Å². The van der Waals surface area contributed by atoms with Crippen LogP contribution in [0.5, 0.6) is 5.75 Å². The van der Waals surface area contributed by atoms with E-state index in [0.29, 0.717) is 5.56 Å². The van der Waals surface area contributed by atoms with E-state index in [1.54, 1.807) is 0 Å². The van der Waals surface area contributed by atoms with Gasteiger partial charge in [0.25, 0.3) is 11.9 Å². The number of para-hydroxylation sites is 1. The maximum Gasteiger partial charge on any atom is 0.265 e. The van der Waals surface area contributed by atoms with E-state index in [1.807, 2.05) is 0 Å². The van der Waals surface area contributed by atoms with E-state index in [1.165, 1.54) is 12.1 Å². The van der Waals surface area contributed by atoms with E-state index in [-0.39, 0.29) is 12.2 Å². The maximum atomic E-state index is 13.4. The van der Waals surface area contributed by atoms with Crippen molar-refractivity contribution < 1.29 is 18.8 Å². The minimum atomic E-state index is -1.44. The quantitative estimate of drug-likeness (QED) is 0.592. The first-order valence-corrected chi connectivity index (χ1v) is 4.87. The molecule has 6 nitrogen and oxygen atoms in total. The number of halogens is 1. The summed E-state index contributed by atoms with van der Waals surface area (Å²) in [5.74, 6) is -1.76. The molecule has 1 heterocycles. The molecule has 1 aliphatic rings. The highest BCUT2D eigenvalue weighted by atomic mass is 19.1. The molecule has 0 bridgehead atoms. The van der Waals surface area contributed by atoms with Crippen molar-refractivity contribution in [1.29, 1.82) is 0 Å². The molecule has 2 unspecified atom stereocenters. The van der Waals surface area contributed by atoms with Crippen molar-refractivity contribution in [2.75, 3.05) is 0 Å². The topological polar surface area (TPSA) is 95.5 Å². The lowest BCUT2D eigenvalue weighted by Crippen LogP contribution is -2.50. The minimum absolute atomic E-state index is 0.0757.